The molecule has 0 aliphatic heterocycles. The second kappa shape index (κ2) is 4.30. The van der Waals surface area contributed by atoms with Gasteiger partial charge in [0, 0.05) is 0 Å². The van der Waals surface area contributed by atoms with E-state index in [0.29, 0.717) is 0 Å². The Labute approximate surface area is 85.4 Å². The second-order valence-corrected chi connectivity index (χ2v) is 2.61. The maximum absolute atomic E-state index is 12.6. The second-order valence-electron chi connectivity index (χ2n) is 2.61. The van der Waals surface area contributed by atoms with Crippen LogP contribution in [-0.4, -0.2) is 36.6 Å². The van der Waals surface area contributed by atoms with Gasteiger partial charge >= 0.3 is 23.7 Å². The van der Waals surface area contributed by atoms with Crippen molar-refractivity contribution in [3.8, 4) is 0 Å². The summed E-state index contributed by atoms with van der Waals surface area (Å²) in [6.45, 7) is 0.321. The van der Waals surface area contributed by atoms with Crippen molar-refractivity contribution in [1.29, 1.82) is 0 Å². The molecule has 0 amide bonds. The molecule has 94 valence electrons. The van der Waals surface area contributed by atoms with Crippen LogP contribution in [0, 0.1) is 0 Å². The van der Waals surface area contributed by atoms with E-state index in [2.05, 4.69) is 4.74 Å². The minimum atomic E-state index is -6.14. The Morgan fingerprint density at radius 3 is 1.94 bits per heavy atom. The molecule has 0 heterocycles. The van der Waals surface area contributed by atoms with Crippen LogP contribution in [-0.2, 0) is 14.3 Å². The minimum Gasteiger partial charge on any atom is -0.461 e. The summed E-state index contributed by atoms with van der Waals surface area (Å²) in [4.78, 5) is 20.0. The van der Waals surface area contributed by atoms with Crippen LogP contribution in [0.5, 0.6) is 0 Å². The van der Waals surface area contributed by atoms with Gasteiger partial charge in [-0.2, -0.15) is 26.3 Å². The average molecular weight is 252 g/mol. The van der Waals surface area contributed by atoms with Crippen molar-refractivity contribution >= 4 is 12.3 Å². The number of ether oxygens (including phenoxy) is 1. The van der Waals surface area contributed by atoms with Crippen LogP contribution in [0.25, 0.3) is 0 Å². The van der Waals surface area contributed by atoms with Gasteiger partial charge in [-0.1, -0.05) is 0 Å². The van der Waals surface area contributed by atoms with Crippen molar-refractivity contribution in [3.63, 3.8) is 0 Å². The maximum atomic E-state index is 12.6. The summed E-state index contributed by atoms with van der Waals surface area (Å²) in [5.41, 5.74) is 0. The van der Waals surface area contributed by atoms with Crippen LogP contribution in [0.1, 0.15) is 6.92 Å². The smallest absolute Gasteiger partial charge is 0.411 e. The first-order valence-corrected chi connectivity index (χ1v) is 3.81. The summed E-state index contributed by atoms with van der Waals surface area (Å²) >= 11 is 0. The molecule has 0 aliphatic rings. The molecule has 0 unspecified atom stereocenters. The molecule has 0 aliphatic carbocycles. The monoisotopic (exact) mass is 252 g/mol. The Bertz CT molecular complexity index is 288. The Kier molecular flexibility index (Phi) is 3.96. The summed E-state index contributed by atoms with van der Waals surface area (Å²) in [6, 6.07) is 0. The number of rotatable bonds is 5. The average Bonchev–Trinajstić information content (AvgIpc) is 2.17. The molecule has 0 atom stereocenters. The minimum absolute atomic E-state index is 0.697. The lowest BCUT2D eigenvalue weighted by Crippen LogP contribution is -2.59. The normalized spacial score (nSPS) is 13.4. The van der Waals surface area contributed by atoms with Gasteiger partial charge in [0.15, 0.2) is 6.29 Å². The van der Waals surface area contributed by atoms with Crippen molar-refractivity contribution in [3.05, 3.63) is 0 Å². The molecule has 3 nitrogen and oxygen atoms in total. The van der Waals surface area contributed by atoms with E-state index < -0.39 is 36.6 Å². The molecule has 0 saturated heterocycles. The number of hydrogen-bond donors (Lipinski definition) is 0. The van der Waals surface area contributed by atoms with Gasteiger partial charge in [-0.3, -0.25) is 4.79 Å². The van der Waals surface area contributed by atoms with Gasteiger partial charge in [-0.05, 0) is 6.92 Å². The molecular weight excluding hydrogens is 246 g/mol. The van der Waals surface area contributed by atoms with E-state index >= 15 is 0 Å². The molecular formula is C7H6F6O3. The van der Waals surface area contributed by atoms with E-state index in [1.165, 1.54) is 0 Å². The fraction of sp³-hybridized carbons (Fsp3) is 0.714. The number of carbonyl (C=O) groups is 2. The first kappa shape index (κ1) is 14.7. The molecule has 0 fully saturated rings. The van der Waals surface area contributed by atoms with E-state index in [4.69, 9.17) is 0 Å². The van der Waals surface area contributed by atoms with Gasteiger partial charge < -0.3 is 4.74 Å². The third kappa shape index (κ3) is 2.12. The van der Waals surface area contributed by atoms with Gasteiger partial charge in [-0.25, -0.2) is 4.79 Å². The van der Waals surface area contributed by atoms with Gasteiger partial charge in [0.1, 0.15) is 0 Å². The van der Waals surface area contributed by atoms with Crippen LogP contribution in [0.15, 0.2) is 0 Å². The zero-order valence-corrected chi connectivity index (χ0v) is 7.78. The molecule has 0 radical (unpaired) electrons. The summed E-state index contributed by atoms with van der Waals surface area (Å²) in [7, 11) is 0. The first-order chi connectivity index (χ1) is 7.04. The van der Waals surface area contributed by atoms with Crippen molar-refractivity contribution in [2.24, 2.45) is 0 Å². The van der Waals surface area contributed by atoms with Crippen molar-refractivity contribution in [1.82, 2.24) is 0 Å². The quantitative estimate of drug-likeness (QED) is 0.424. The Morgan fingerprint density at radius 2 is 1.62 bits per heavy atom. The van der Waals surface area contributed by atoms with Gasteiger partial charge in [0.05, 0.1) is 6.61 Å². The molecule has 0 rings (SSSR count). The number of carbonyl (C=O) groups excluding carboxylic acids is 2. The van der Waals surface area contributed by atoms with E-state index in [-0.39, 0.29) is 0 Å². The van der Waals surface area contributed by atoms with Gasteiger partial charge in [0.2, 0.25) is 0 Å². The van der Waals surface area contributed by atoms with E-state index in [0.717, 1.165) is 6.92 Å². The Morgan fingerprint density at radius 1 is 1.19 bits per heavy atom. The predicted octanol–water partition coefficient (Wildman–Crippen LogP) is 1.65. The summed E-state index contributed by atoms with van der Waals surface area (Å²) in [5.74, 6) is -20.4. The number of aldehydes is 1. The van der Waals surface area contributed by atoms with Crippen LogP contribution >= 0.6 is 0 Å². The third-order valence-electron chi connectivity index (χ3n) is 1.49. The molecule has 0 aromatic heterocycles. The highest BCUT2D eigenvalue weighted by atomic mass is 19.3. The molecule has 0 N–H and O–H groups in total. The zero-order chi connectivity index (χ0) is 13.2. The van der Waals surface area contributed by atoms with Crippen molar-refractivity contribution < 1.29 is 40.7 Å². The third-order valence-corrected chi connectivity index (χ3v) is 1.49. The topological polar surface area (TPSA) is 43.4 Å². The van der Waals surface area contributed by atoms with Crippen molar-refractivity contribution in [2.45, 2.75) is 24.7 Å². The maximum Gasteiger partial charge on any atom is 0.411 e. The first-order valence-electron chi connectivity index (χ1n) is 3.81. The molecule has 16 heavy (non-hydrogen) atoms. The summed E-state index contributed by atoms with van der Waals surface area (Å²) < 4.78 is 78.2. The van der Waals surface area contributed by atoms with Crippen molar-refractivity contribution in [2.75, 3.05) is 6.61 Å². The lowest BCUT2D eigenvalue weighted by Gasteiger charge is -2.27. The van der Waals surface area contributed by atoms with E-state index in [1.807, 2.05) is 0 Å². The fourth-order valence-corrected chi connectivity index (χ4v) is 0.633. The zero-order valence-electron chi connectivity index (χ0n) is 7.78. The van der Waals surface area contributed by atoms with Gasteiger partial charge in [0.25, 0.3) is 0 Å². The summed E-state index contributed by atoms with van der Waals surface area (Å²) in [6.07, 6.45) is -1.65. The SMILES string of the molecule is CCOC(=O)C(F)(F)C(F)(F)C(F)(F)C=O. The van der Waals surface area contributed by atoms with E-state index in [9.17, 15) is 35.9 Å². The van der Waals surface area contributed by atoms with Crippen LogP contribution < -0.4 is 0 Å². The molecule has 0 aromatic rings. The largest absolute Gasteiger partial charge is 0.461 e. The number of hydrogen-bond acceptors (Lipinski definition) is 3. The number of alkyl halides is 6. The highest BCUT2D eigenvalue weighted by molar-refractivity contribution is 5.80. The summed E-state index contributed by atoms with van der Waals surface area (Å²) in [5, 5.41) is 0. The van der Waals surface area contributed by atoms with Crippen LogP contribution in [0.2, 0.25) is 0 Å². The van der Waals surface area contributed by atoms with E-state index in [1.54, 1.807) is 0 Å². The van der Waals surface area contributed by atoms with Crippen LogP contribution in [0.4, 0.5) is 26.3 Å². The fourth-order valence-electron chi connectivity index (χ4n) is 0.633. The van der Waals surface area contributed by atoms with Gasteiger partial charge in [-0.15, -0.1) is 0 Å². The highest BCUT2D eigenvalue weighted by Gasteiger charge is 2.76. The molecule has 0 saturated carbocycles. The molecule has 0 aromatic carbocycles. The molecule has 9 heteroatoms. The number of halogens is 6. The predicted molar refractivity (Wildman–Crippen MR) is 37.5 cm³/mol. The number of esters is 1. The molecule has 0 spiro atoms. The Balaban J connectivity index is 5.28. The lowest BCUT2D eigenvalue weighted by atomic mass is 10.1. The Hall–Kier alpha value is -1.28. The standard InChI is InChI=1S/C7H6F6O3/c1-2-16-4(15)6(10,11)7(12,13)5(8,9)3-14/h3H,2H2,1H3. The van der Waals surface area contributed by atoms with Crippen LogP contribution in [0.3, 0.4) is 0 Å². The molecule has 0 bridgehead atoms. The highest BCUT2D eigenvalue weighted by Crippen LogP contribution is 2.45. The lowest BCUT2D eigenvalue weighted by molar-refractivity contribution is -0.290.